The van der Waals surface area contributed by atoms with E-state index in [2.05, 4.69) is 18.2 Å². The number of carbonyl (C=O) groups is 1. The number of aliphatic hydroxyl groups is 1. The third kappa shape index (κ3) is 4.43. The smallest absolute Gasteiger partial charge is 0.253 e. The summed E-state index contributed by atoms with van der Waals surface area (Å²) in [6.07, 6.45) is 6.00. The Bertz CT molecular complexity index is 718. The third-order valence-corrected chi connectivity index (χ3v) is 5.10. The molecule has 26 heavy (non-hydrogen) atoms. The van der Waals surface area contributed by atoms with Gasteiger partial charge in [0.2, 0.25) is 0 Å². The predicted molar refractivity (Wildman–Crippen MR) is 102 cm³/mol. The third-order valence-electron chi connectivity index (χ3n) is 5.10. The number of likely N-dealkylation sites (tertiary alicyclic amines) is 1. The molecule has 0 radical (unpaired) electrons. The number of nitrogens with zero attached hydrogens (tertiary/aromatic N) is 4. The van der Waals surface area contributed by atoms with Crippen molar-refractivity contribution >= 4 is 11.6 Å². The number of aliphatic hydroxyl groups excluding tert-OH is 1. The Hall–Kier alpha value is -2.34. The zero-order valence-electron chi connectivity index (χ0n) is 15.6. The summed E-state index contributed by atoms with van der Waals surface area (Å²) in [7, 11) is 1.93. The highest BCUT2D eigenvalue weighted by Crippen LogP contribution is 2.22. The molecule has 0 spiro atoms. The molecule has 140 valence electrons. The van der Waals surface area contributed by atoms with Crippen LogP contribution in [-0.4, -0.2) is 59.0 Å². The van der Waals surface area contributed by atoms with E-state index in [4.69, 9.17) is 5.11 Å². The van der Waals surface area contributed by atoms with Gasteiger partial charge in [0.15, 0.2) is 0 Å². The van der Waals surface area contributed by atoms with E-state index in [0.29, 0.717) is 12.5 Å². The maximum Gasteiger partial charge on any atom is 0.253 e. The summed E-state index contributed by atoms with van der Waals surface area (Å²) >= 11 is 0. The van der Waals surface area contributed by atoms with Gasteiger partial charge in [0.1, 0.15) is 0 Å². The molecule has 1 aromatic carbocycles. The minimum atomic E-state index is 0.106. The van der Waals surface area contributed by atoms with Crippen molar-refractivity contribution in [2.75, 3.05) is 38.2 Å². The van der Waals surface area contributed by atoms with Crippen LogP contribution in [0.25, 0.3) is 0 Å². The van der Waals surface area contributed by atoms with Crippen molar-refractivity contribution in [3.8, 4) is 0 Å². The molecule has 3 rings (SSSR count). The average Bonchev–Trinajstić information content (AvgIpc) is 3.07. The van der Waals surface area contributed by atoms with Gasteiger partial charge < -0.3 is 14.9 Å². The van der Waals surface area contributed by atoms with Crippen molar-refractivity contribution in [1.29, 1.82) is 0 Å². The van der Waals surface area contributed by atoms with Crippen molar-refractivity contribution in [3.63, 3.8) is 0 Å². The van der Waals surface area contributed by atoms with E-state index >= 15 is 0 Å². The molecule has 0 unspecified atom stereocenters. The molecule has 2 heterocycles. The highest BCUT2D eigenvalue weighted by molar-refractivity contribution is 5.94. The molecular weight excluding hydrogens is 328 g/mol. The van der Waals surface area contributed by atoms with Gasteiger partial charge in [-0.1, -0.05) is 0 Å². The summed E-state index contributed by atoms with van der Waals surface area (Å²) in [6.45, 7) is 5.28. The van der Waals surface area contributed by atoms with Crippen LogP contribution >= 0.6 is 0 Å². The average molecular weight is 356 g/mol. The van der Waals surface area contributed by atoms with Crippen LogP contribution in [0.5, 0.6) is 0 Å². The fourth-order valence-electron chi connectivity index (χ4n) is 3.47. The highest BCUT2D eigenvalue weighted by Gasteiger charge is 2.24. The van der Waals surface area contributed by atoms with Crippen molar-refractivity contribution in [1.82, 2.24) is 14.7 Å². The molecular formula is C20H28N4O2. The van der Waals surface area contributed by atoms with E-state index in [9.17, 15) is 4.79 Å². The summed E-state index contributed by atoms with van der Waals surface area (Å²) in [5, 5.41) is 13.4. The molecule has 0 saturated carbocycles. The molecule has 6 heteroatoms. The zero-order valence-corrected chi connectivity index (χ0v) is 15.6. The monoisotopic (exact) mass is 356 g/mol. The molecule has 0 bridgehead atoms. The summed E-state index contributed by atoms with van der Waals surface area (Å²) < 4.78 is 2.01. The van der Waals surface area contributed by atoms with Crippen LogP contribution in [0.4, 0.5) is 5.69 Å². The number of anilines is 1. The number of aromatic nitrogens is 2. The number of hydrogen-bond donors (Lipinski definition) is 1. The number of piperidine rings is 1. The number of rotatable bonds is 6. The number of aryl methyl sites for hydroxylation is 1. The zero-order chi connectivity index (χ0) is 18.5. The summed E-state index contributed by atoms with van der Waals surface area (Å²) in [4.78, 5) is 16.7. The largest absolute Gasteiger partial charge is 0.395 e. The lowest BCUT2D eigenvalue weighted by Crippen LogP contribution is -2.39. The molecule has 1 saturated heterocycles. The fourth-order valence-corrected chi connectivity index (χ4v) is 3.47. The van der Waals surface area contributed by atoms with Crippen LogP contribution in [0.15, 0.2) is 36.7 Å². The van der Waals surface area contributed by atoms with Gasteiger partial charge in [-0.2, -0.15) is 5.10 Å². The molecule has 1 aliphatic heterocycles. The van der Waals surface area contributed by atoms with Gasteiger partial charge in [0, 0.05) is 50.7 Å². The summed E-state index contributed by atoms with van der Waals surface area (Å²) in [6, 6.07) is 7.64. The van der Waals surface area contributed by atoms with Crippen LogP contribution in [0.2, 0.25) is 0 Å². The lowest BCUT2D eigenvalue weighted by atomic mass is 9.96. The molecule has 1 amide bonds. The minimum Gasteiger partial charge on any atom is -0.395 e. The van der Waals surface area contributed by atoms with E-state index in [1.807, 2.05) is 52.0 Å². The Balaban J connectivity index is 1.53. The Labute approximate surface area is 155 Å². The van der Waals surface area contributed by atoms with E-state index in [0.717, 1.165) is 43.7 Å². The SMILES string of the molecule is Cc1cnn(CC2CCN(C(=O)c3ccc(N(C)CCO)cc3)CC2)c1. The van der Waals surface area contributed by atoms with Gasteiger partial charge in [-0.3, -0.25) is 9.48 Å². The number of hydrogen-bond acceptors (Lipinski definition) is 4. The molecule has 0 atom stereocenters. The van der Waals surface area contributed by atoms with Crippen LogP contribution < -0.4 is 4.90 Å². The van der Waals surface area contributed by atoms with E-state index in [1.54, 1.807) is 0 Å². The second-order valence-corrected chi connectivity index (χ2v) is 7.17. The van der Waals surface area contributed by atoms with Gasteiger partial charge in [0.25, 0.3) is 5.91 Å². The van der Waals surface area contributed by atoms with Gasteiger partial charge >= 0.3 is 0 Å². The van der Waals surface area contributed by atoms with Crippen molar-refractivity contribution in [2.24, 2.45) is 5.92 Å². The normalized spacial score (nSPS) is 15.3. The first-order valence-corrected chi connectivity index (χ1v) is 9.27. The topological polar surface area (TPSA) is 61.6 Å². The minimum absolute atomic E-state index is 0.106. The molecule has 1 fully saturated rings. The Kier molecular flexibility index (Phi) is 5.93. The maximum absolute atomic E-state index is 12.7. The lowest BCUT2D eigenvalue weighted by molar-refractivity contribution is 0.0681. The number of likely N-dealkylation sites (N-methyl/N-ethyl adjacent to an activating group) is 1. The van der Waals surface area contributed by atoms with Crippen LogP contribution in [-0.2, 0) is 6.54 Å². The predicted octanol–water partition coefficient (Wildman–Crippen LogP) is 2.17. The molecule has 2 aromatic rings. The van der Waals surface area contributed by atoms with Gasteiger partial charge in [-0.25, -0.2) is 0 Å². The number of benzene rings is 1. The second kappa shape index (κ2) is 8.36. The first kappa shape index (κ1) is 18.5. The van der Waals surface area contributed by atoms with Crippen molar-refractivity contribution in [3.05, 3.63) is 47.8 Å². The molecule has 0 aliphatic carbocycles. The standard InChI is InChI=1S/C20H28N4O2/c1-16-13-21-24(14-16)15-17-7-9-23(10-8-17)20(26)18-3-5-19(6-4-18)22(2)11-12-25/h3-6,13-14,17,25H,7-12,15H2,1-2H3. The summed E-state index contributed by atoms with van der Waals surface area (Å²) in [5.41, 5.74) is 2.92. The number of amides is 1. The lowest BCUT2D eigenvalue weighted by Gasteiger charge is -2.32. The Morgan fingerprint density at radius 1 is 1.27 bits per heavy atom. The fraction of sp³-hybridized carbons (Fsp3) is 0.500. The van der Waals surface area contributed by atoms with Crippen molar-refractivity contribution < 1.29 is 9.90 Å². The molecule has 1 aliphatic rings. The van der Waals surface area contributed by atoms with Crippen molar-refractivity contribution in [2.45, 2.75) is 26.3 Å². The van der Waals surface area contributed by atoms with E-state index in [1.165, 1.54) is 5.56 Å². The van der Waals surface area contributed by atoms with Crippen LogP contribution in [0.3, 0.4) is 0 Å². The van der Waals surface area contributed by atoms with Gasteiger partial charge in [0.05, 0.1) is 12.8 Å². The maximum atomic E-state index is 12.7. The highest BCUT2D eigenvalue weighted by atomic mass is 16.3. The van der Waals surface area contributed by atoms with Gasteiger partial charge in [-0.15, -0.1) is 0 Å². The summed E-state index contributed by atoms with van der Waals surface area (Å²) in [5.74, 6) is 0.683. The van der Waals surface area contributed by atoms with Crippen LogP contribution in [0.1, 0.15) is 28.8 Å². The van der Waals surface area contributed by atoms with Gasteiger partial charge in [-0.05, 0) is 55.5 Å². The van der Waals surface area contributed by atoms with E-state index in [-0.39, 0.29) is 12.5 Å². The second-order valence-electron chi connectivity index (χ2n) is 7.17. The molecule has 1 aromatic heterocycles. The first-order chi connectivity index (χ1) is 12.6. The van der Waals surface area contributed by atoms with E-state index < -0.39 is 0 Å². The molecule has 1 N–H and O–H groups in total. The van der Waals surface area contributed by atoms with Crippen LogP contribution in [0, 0.1) is 12.8 Å². The first-order valence-electron chi connectivity index (χ1n) is 9.27. The Morgan fingerprint density at radius 2 is 1.96 bits per heavy atom. The Morgan fingerprint density at radius 3 is 2.54 bits per heavy atom. The quantitative estimate of drug-likeness (QED) is 0.862. The molecule has 6 nitrogen and oxygen atoms in total. The number of carbonyl (C=O) groups excluding carboxylic acids is 1.